The highest BCUT2D eigenvalue weighted by Gasteiger charge is 2.42. The monoisotopic (exact) mass is 369 g/mol. The Morgan fingerprint density at radius 1 is 1.22 bits per heavy atom. The SMILES string of the molecule is CCC1=C(CC)C(ON)C(NI)C(NN)C1NC. The van der Waals surface area contributed by atoms with E-state index < -0.39 is 0 Å². The lowest BCUT2D eigenvalue weighted by Gasteiger charge is -2.43. The fourth-order valence-electron chi connectivity index (χ4n) is 2.93. The molecule has 7 heteroatoms. The van der Waals surface area contributed by atoms with Crippen LogP contribution in [0.3, 0.4) is 0 Å². The first-order valence-corrected chi connectivity index (χ1v) is 7.34. The zero-order valence-electron chi connectivity index (χ0n) is 11.2. The van der Waals surface area contributed by atoms with Crippen molar-refractivity contribution in [3.8, 4) is 0 Å². The van der Waals surface area contributed by atoms with Crippen molar-refractivity contribution in [2.75, 3.05) is 7.05 Å². The third-order valence-corrected chi connectivity index (χ3v) is 4.46. The van der Waals surface area contributed by atoms with Gasteiger partial charge in [-0.2, -0.15) is 0 Å². The number of halogens is 1. The number of rotatable bonds is 6. The van der Waals surface area contributed by atoms with Gasteiger partial charge in [0.2, 0.25) is 0 Å². The Labute approximate surface area is 123 Å². The van der Waals surface area contributed by atoms with Gasteiger partial charge in [0.05, 0.1) is 12.1 Å². The maximum absolute atomic E-state index is 5.70. The lowest BCUT2D eigenvalue weighted by molar-refractivity contribution is 0.0347. The first-order valence-electron chi connectivity index (χ1n) is 6.26. The van der Waals surface area contributed by atoms with Crippen molar-refractivity contribution in [3.63, 3.8) is 0 Å². The van der Waals surface area contributed by atoms with E-state index in [1.165, 1.54) is 11.1 Å². The fourth-order valence-corrected chi connectivity index (χ4v) is 3.65. The zero-order valence-corrected chi connectivity index (χ0v) is 13.3. The fraction of sp³-hybridized carbons (Fsp3) is 0.818. The molecule has 0 fully saturated rings. The van der Waals surface area contributed by atoms with E-state index in [0.29, 0.717) is 0 Å². The van der Waals surface area contributed by atoms with Crippen molar-refractivity contribution in [2.45, 2.75) is 50.9 Å². The maximum Gasteiger partial charge on any atom is 0.118 e. The molecule has 0 aromatic heterocycles. The van der Waals surface area contributed by atoms with Crippen molar-refractivity contribution in [1.82, 2.24) is 14.3 Å². The summed E-state index contributed by atoms with van der Waals surface area (Å²) in [6, 6.07) is 0.252. The number of hydrazine groups is 1. The van der Waals surface area contributed by atoms with E-state index in [4.69, 9.17) is 16.6 Å². The van der Waals surface area contributed by atoms with E-state index in [2.05, 4.69) is 51.0 Å². The first kappa shape index (κ1) is 16.3. The maximum atomic E-state index is 5.70. The van der Waals surface area contributed by atoms with Gasteiger partial charge in [0.1, 0.15) is 6.10 Å². The third kappa shape index (κ3) is 2.87. The molecule has 0 aromatic carbocycles. The van der Waals surface area contributed by atoms with Crippen LogP contribution in [0.1, 0.15) is 26.7 Å². The second kappa shape index (κ2) is 7.73. The van der Waals surface area contributed by atoms with Gasteiger partial charge in [0.25, 0.3) is 0 Å². The number of likely N-dealkylation sites (N-methyl/N-ethyl adjacent to an activating group) is 1. The highest BCUT2D eigenvalue weighted by Crippen LogP contribution is 2.31. The van der Waals surface area contributed by atoms with Crippen LogP contribution in [0.5, 0.6) is 0 Å². The molecule has 6 nitrogen and oxygen atoms in total. The van der Waals surface area contributed by atoms with E-state index in [1.54, 1.807) is 0 Å². The lowest BCUT2D eigenvalue weighted by Crippen LogP contribution is -2.66. The van der Waals surface area contributed by atoms with Crippen molar-refractivity contribution in [3.05, 3.63) is 11.1 Å². The normalized spacial score (nSPS) is 33.0. The number of hydrogen-bond acceptors (Lipinski definition) is 6. The highest BCUT2D eigenvalue weighted by atomic mass is 127. The predicted octanol–water partition coefficient (Wildman–Crippen LogP) is 0.104. The molecule has 0 radical (unpaired) electrons. The average Bonchev–Trinajstić information content (AvgIpc) is 2.43. The predicted molar refractivity (Wildman–Crippen MR) is 81.6 cm³/mol. The Hall–Kier alpha value is 0.230. The summed E-state index contributed by atoms with van der Waals surface area (Å²) < 4.78 is 3.23. The minimum absolute atomic E-state index is 0.0308. The summed E-state index contributed by atoms with van der Waals surface area (Å²) >= 11 is 2.12. The minimum atomic E-state index is -0.146. The molecular weight excluding hydrogens is 345 g/mol. The second-order valence-corrected chi connectivity index (χ2v) is 5.03. The van der Waals surface area contributed by atoms with Gasteiger partial charge in [0.15, 0.2) is 0 Å². The summed E-state index contributed by atoms with van der Waals surface area (Å²) in [5.41, 5.74) is 5.48. The summed E-state index contributed by atoms with van der Waals surface area (Å²) in [5.74, 6) is 11.2. The van der Waals surface area contributed by atoms with Gasteiger partial charge in [-0.05, 0) is 25.5 Å². The average molecular weight is 369 g/mol. The molecule has 0 amide bonds. The van der Waals surface area contributed by atoms with Crippen molar-refractivity contribution < 1.29 is 4.84 Å². The molecule has 0 saturated carbocycles. The Balaban J connectivity index is 3.25. The van der Waals surface area contributed by atoms with Crippen molar-refractivity contribution in [2.24, 2.45) is 11.7 Å². The molecule has 0 heterocycles. The standard InChI is InChI=1S/C11H24IN5O/c1-4-6-7(5-2)11(18-14)10(16-12)9(17-13)8(6)15-3/h8-11,15-17H,4-5,13-14H2,1-3H3. The molecular formula is C11H24IN5O. The molecule has 1 aliphatic carbocycles. The molecule has 1 rings (SSSR count). The summed E-state index contributed by atoms with van der Waals surface area (Å²) in [7, 11) is 1.95. The quantitative estimate of drug-likeness (QED) is 0.150. The molecule has 18 heavy (non-hydrogen) atoms. The Morgan fingerprint density at radius 3 is 2.17 bits per heavy atom. The second-order valence-electron chi connectivity index (χ2n) is 4.41. The van der Waals surface area contributed by atoms with E-state index >= 15 is 0 Å². The third-order valence-electron chi connectivity index (χ3n) is 3.74. The van der Waals surface area contributed by atoms with Crippen molar-refractivity contribution in [1.29, 1.82) is 0 Å². The molecule has 0 aliphatic heterocycles. The highest BCUT2D eigenvalue weighted by molar-refractivity contribution is 14.1. The van der Waals surface area contributed by atoms with E-state index in [1.807, 2.05) is 7.05 Å². The van der Waals surface area contributed by atoms with Crippen LogP contribution in [-0.4, -0.2) is 31.3 Å². The number of nitrogens with two attached hydrogens (primary N) is 2. The topological polar surface area (TPSA) is 97.4 Å². The minimum Gasteiger partial charge on any atom is -0.312 e. The van der Waals surface area contributed by atoms with Crippen LogP contribution in [0.2, 0.25) is 0 Å². The molecule has 4 unspecified atom stereocenters. The van der Waals surface area contributed by atoms with Gasteiger partial charge in [-0.1, -0.05) is 19.4 Å². The summed E-state index contributed by atoms with van der Waals surface area (Å²) in [5, 5.41) is 3.34. The molecule has 0 bridgehead atoms. The van der Waals surface area contributed by atoms with Gasteiger partial charge >= 0.3 is 0 Å². The van der Waals surface area contributed by atoms with Crippen LogP contribution in [-0.2, 0) is 4.84 Å². The van der Waals surface area contributed by atoms with Crippen LogP contribution in [0.15, 0.2) is 11.1 Å². The zero-order chi connectivity index (χ0) is 13.7. The van der Waals surface area contributed by atoms with E-state index in [-0.39, 0.29) is 24.2 Å². The molecule has 1 aliphatic rings. The molecule has 0 aromatic rings. The Bertz CT molecular complexity index is 271. The van der Waals surface area contributed by atoms with E-state index in [0.717, 1.165) is 12.8 Å². The summed E-state index contributed by atoms with van der Waals surface area (Å²) in [6.45, 7) is 4.28. The summed E-state index contributed by atoms with van der Waals surface area (Å²) in [6.07, 6.45) is 1.74. The van der Waals surface area contributed by atoms with Crippen LogP contribution < -0.4 is 26.0 Å². The molecule has 7 N–H and O–H groups in total. The van der Waals surface area contributed by atoms with E-state index in [9.17, 15) is 0 Å². The Morgan fingerprint density at radius 2 is 1.83 bits per heavy atom. The van der Waals surface area contributed by atoms with Crippen LogP contribution in [0.4, 0.5) is 0 Å². The largest absolute Gasteiger partial charge is 0.312 e. The summed E-state index contributed by atoms with van der Waals surface area (Å²) in [4.78, 5) is 5.21. The van der Waals surface area contributed by atoms with Crippen LogP contribution >= 0.6 is 22.9 Å². The molecule has 0 spiro atoms. The van der Waals surface area contributed by atoms with Gasteiger partial charge in [0, 0.05) is 28.9 Å². The van der Waals surface area contributed by atoms with Crippen LogP contribution in [0.25, 0.3) is 0 Å². The first-order chi connectivity index (χ1) is 8.69. The van der Waals surface area contributed by atoms with Gasteiger partial charge in [-0.25, -0.2) is 5.90 Å². The van der Waals surface area contributed by atoms with Crippen molar-refractivity contribution >= 4 is 22.9 Å². The van der Waals surface area contributed by atoms with Gasteiger partial charge in [-0.3, -0.25) is 19.6 Å². The lowest BCUT2D eigenvalue weighted by atomic mass is 9.77. The smallest absolute Gasteiger partial charge is 0.118 e. The Kier molecular flexibility index (Phi) is 6.99. The number of hydrogen-bond donors (Lipinski definition) is 5. The van der Waals surface area contributed by atoms with Gasteiger partial charge < -0.3 is 5.32 Å². The molecule has 4 atom stereocenters. The van der Waals surface area contributed by atoms with Gasteiger partial charge in [-0.15, -0.1) is 0 Å². The molecule has 0 saturated heterocycles. The molecule has 106 valence electrons. The number of nitrogens with one attached hydrogen (secondary N) is 3. The van der Waals surface area contributed by atoms with Crippen LogP contribution in [0, 0.1) is 0 Å².